The zero-order valence-electron chi connectivity index (χ0n) is 10.0. The molecule has 0 aliphatic heterocycles. The fourth-order valence-electron chi connectivity index (χ4n) is 1.39. The van der Waals surface area contributed by atoms with Crippen LogP contribution in [0.2, 0.25) is 0 Å². The molecule has 1 aromatic carbocycles. The van der Waals surface area contributed by atoms with Crippen molar-refractivity contribution in [2.24, 2.45) is 0 Å². The zero-order chi connectivity index (χ0) is 14.6. The summed E-state index contributed by atoms with van der Waals surface area (Å²) < 4.78 is 25.7. The summed E-state index contributed by atoms with van der Waals surface area (Å²) in [6, 6.07) is 4.15. The van der Waals surface area contributed by atoms with Crippen LogP contribution in [0.1, 0.15) is 12.0 Å². The van der Waals surface area contributed by atoms with E-state index < -0.39 is 34.4 Å². The molecule has 1 rings (SSSR count). The lowest BCUT2D eigenvalue weighted by Gasteiger charge is -2.13. The van der Waals surface area contributed by atoms with Crippen LogP contribution in [-0.4, -0.2) is 36.6 Å². The van der Waals surface area contributed by atoms with Crippen LogP contribution in [0.15, 0.2) is 29.2 Å². The predicted octanol–water partition coefficient (Wildman–Crippen LogP) is 0.201. The number of rotatable bonds is 6. The monoisotopic (exact) mass is 287 g/mol. The lowest BCUT2D eigenvalue weighted by molar-refractivity contribution is -0.145. The molecule has 0 aliphatic carbocycles. The van der Waals surface area contributed by atoms with Gasteiger partial charge in [-0.05, 0) is 24.6 Å². The van der Waals surface area contributed by atoms with Crippen LogP contribution in [0.4, 0.5) is 0 Å². The zero-order valence-corrected chi connectivity index (χ0v) is 10.8. The highest BCUT2D eigenvalue weighted by Gasteiger charge is 2.27. The molecule has 0 saturated heterocycles. The SMILES string of the molecule is Cc1cccc(S(=O)(=O)N[C@H](CC(=O)O)C(=O)O)c1. The average Bonchev–Trinajstić information content (AvgIpc) is 2.27. The van der Waals surface area contributed by atoms with Crippen molar-refractivity contribution in [3.05, 3.63) is 29.8 Å². The van der Waals surface area contributed by atoms with Gasteiger partial charge in [0.05, 0.1) is 11.3 Å². The number of carboxylic acid groups (broad SMARTS) is 2. The largest absolute Gasteiger partial charge is 0.481 e. The molecule has 1 atom stereocenters. The van der Waals surface area contributed by atoms with Gasteiger partial charge in [0.1, 0.15) is 6.04 Å². The van der Waals surface area contributed by atoms with Crippen LogP contribution in [-0.2, 0) is 19.6 Å². The molecule has 7 nitrogen and oxygen atoms in total. The Morgan fingerprint density at radius 3 is 2.42 bits per heavy atom. The van der Waals surface area contributed by atoms with E-state index in [0.29, 0.717) is 5.56 Å². The second kappa shape index (κ2) is 5.81. The van der Waals surface area contributed by atoms with Crippen molar-refractivity contribution in [2.45, 2.75) is 24.3 Å². The summed E-state index contributed by atoms with van der Waals surface area (Å²) in [6.07, 6.45) is -0.833. The van der Waals surface area contributed by atoms with Gasteiger partial charge >= 0.3 is 11.9 Å². The Bertz CT molecular complexity index is 595. The molecule has 0 bridgehead atoms. The van der Waals surface area contributed by atoms with Crippen LogP contribution < -0.4 is 4.72 Å². The smallest absolute Gasteiger partial charge is 0.322 e. The van der Waals surface area contributed by atoms with E-state index in [1.165, 1.54) is 18.2 Å². The Balaban J connectivity index is 3.00. The third-order valence-corrected chi connectivity index (χ3v) is 3.74. The minimum Gasteiger partial charge on any atom is -0.481 e. The summed E-state index contributed by atoms with van der Waals surface area (Å²) in [5.74, 6) is -2.95. The van der Waals surface area contributed by atoms with Gasteiger partial charge in [0.25, 0.3) is 0 Å². The Labute approximate surface area is 109 Å². The van der Waals surface area contributed by atoms with Crippen molar-refractivity contribution in [3.8, 4) is 0 Å². The van der Waals surface area contributed by atoms with Gasteiger partial charge in [0, 0.05) is 0 Å². The van der Waals surface area contributed by atoms with Gasteiger partial charge in [-0.15, -0.1) is 0 Å². The summed E-state index contributed by atoms with van der Waals surface area (Å²) in [6.45, 7) is 1.69. The third kappa shape index (κ3) is 4.34. The highest BCUT2D eigenvalue weighted by molar-refractivity contribution is 7.89. The lowest BCUT2D eigenvalue weighted by atomic mass is 10.2. The van der Waals surface area contributed by atoms with E-state index in [9.17, 15) is 18.0 Å². The topological polar surface area (TPSA) is 121 Å². The Morgan fingerprint density at radius 1 is 1.32 bits per heavy atom. The van der Waals surface area contributed by atoms with Crippen LogP contribution in [0, 0.1) is 6.92 Å². The lowest BCUT2D eigenvalue weighted by Crippen LogP contribution is -2.42. The number of carboxylic acids is 2. The molecule has 3 N–H and O–H groups in total. The minimum atomic E-state index is -4.07. The van der Waals surface area contributed by atoms with Crippen molar-refractivity contribution in [2.75, 3.05) is 0 Å². The molecule has 0 unspecified atom stereocenters. The molecule has 8 heteroatoms. The first-order valence-electron chi connectivity index (χ1n) is 5.26. The molecular formula is C11H13NO6S. The second-order valence-corrected chi connectivity index (χ2v) is 5.64. The maximum absolute atomic E-state index is 11.9. The Kier molecular flexibility index (Phi) is 4.62. The van der Waals surface area contributed by atoms with Crippen molar-refractivity contribution in [1.29, 1.82) is 0 Å². The quantitative estimate of drug-likeness (QED) is 0.687. The molecule has 0 fully saturated rings. The summed E-state index contributed by atoms with van der Waals surface area (Å²) in [5, 5.41) is 17.3. The molecule has 0 aliphatic rings. The number of aryl methyl sites for hydroxylation is 1. The molecule has 0 spiro atoms. The standard InChI is InChI=1S/C11H13NO6S/c1-7-3-2-4-8(5-7)19(17,18)12-9(11(15)16)6-10(13)14/h2-5,9,12H,6H2,1H3,(H,13,14)(H,15,16)/t9-/m1/s1. The maximum Gasteiger partial charge on any atom is 0.322 e. The average molecular weight is 287 g/mol. The summed E-state index contributed by atoms with van der Waals surface area (Å²) in [7, 11) is -4.07. The van der Waals surface area contributed by atoms with Crippen molar-refractivity contribution < 1.29 is 28.2 Å². The van der Waals surface area contributed by atoms with Crippen LogP contribution in [0.3, 0.4) is 0 Å². The molecule has 0 amide bonds. The molecule has 1 aromatic rings. The Morgan fingerprint density at radius 2 is 1.95 bits per heavy atom. The maximum atomic E-state index is 11.9. The first-order chi connectivity index (χ1) is 8.72. The highest BCUT2D eigenvalue weighted by Crippen LogP contribution is 2.12. The fourth-order valence-corrected chi connectivity index (χ4v) is 2.69. The van der Waals surface area contributed by atoms with Gasteiger partial charge < -0.3 is 10.2 Å². The number of sulfonamides is 1. The number of hydrogen-bond donors (Lipinski definition) is 3. The predicted molar refractivity (Wildman–Crippen MR) is 65.2 cm³/mol. The van der Waals surface area contributed by atoms with Crippen LogP contribution >= 0.6 is 0 Å². The molecule has 0 aromatic heterocycles. The van der Waals surface area contributed by atoms with Crippen molar-refractivity contribution >= 4 is 22.0 Å². The molecule has 0 heterocycles. The summed E-state index contributed by atoms with van der Waals surface area (Å²) in [5.41, 5.74) is 0.688. The van der Waals surface area contributed by atoms with Gasteiger partial charge in [-0.1, -0.05) is 12.1 Å². The van der Waals surface area contributed by atoms with E-state index in [2.05, 4.69) is 0 Å². The number of hydrogen-bond acceptors (Lipinski definition) is 4. The molecule has 104 valence electrons. The number of carbonyl (C=O) groups is 2. The first-order valence-corrected chi connectivity index (χ1v) is 6.74. The van der Waals surface area contributed by atoms with E-state index in [1.54, 1.807) is 13.0 Å². The van der Waals surface area contributed by atoms with Gasteiger partial charge in [-0.3, -0.25) is 9.59 Å². The van der Waals surface area contributed by atoms with Crippen LogP contribution in [0.5, 0.6) is 0 Å². The summed E-state index contributed by atoms with van der Waals surface area (Å²) >= 11 is 0. The normalized spacial score (nSPS) is 12.9. The van der Waals surface area contributed by atoms with Gasteiger partial charge in [-0.2, -0.15) is 4.72 Å². The fraction of sp³-hybridized carbons (Fsp3) is 0.273. The van der Waals surface area contributed by atoms with Gasteiger partial charge in [-0.25, -0.2) is 8.42 Å². The van der Waals surface area contributed by atoms with Crippen LogP contribution in [0.25, 0.3) is 0 Å². The summed E-state index contributed by atoms with van der Waals surface area (Å²) in [4.78, 5) is 21.2. The minimum absolute atomic E-state index is 0.107. The van der Waals surface area contributed by atoms with Gasteiger partial charge in [0.15, 0.2) is 0 Å². The first kappa shape index (κ1) is 15.1. The van der Waals surface area contributed by atoms with Crippen molar-refractivity contribution in [1.82, 2.24) is 4.72 Å². The van der Waals surface area contributed by atoms with E-state index in [1.807, 2.05) is 4.72 Å². The molecule has 0 saturated carbocycles. The van der Waals surface area contributed by atoms with Crippen molar-refractivity contribution in [3.63, 3.8) is 0 Å². The molecular weight excluding hydrogens is 274 g/mol. The van der Waals surface area contributed by atoms with Gasteiger partial charge in [0.2, 0.25) is 10.0 Å². The number of benzene rings is 1. The van der Waals surface area contributed by atoms with E-state index in [-0.39, 0.29) is 4.90 Å². The second-order valence-electron chi connectivity index (χ2n) is 3.93. The molecule has 19 heavy (non-hydrogen) atoms. The van der Waals surface area contributed by atoms with E-state index in [0.717, 1.165) is 0 Å². The van der Waals surface area contributed by atoms with E-state index >= 15 is 0 Å². The third-order valence-electron chi connectivity index (χ3n) is 2.27. The molecule has 0 radical (unpaired) electrons. The Hall–Kier alpha value is -1.93. The number of nitrogens with one attached hydrogen (secondary N) is 1. The number of aliphatic carboxylic acids is 2. The van der Waals surface area contributed by atoms with E-state index in [4.69, 9.17) is 10.2 Å². The highest BCUT2D eigenvalue weighted by atomic mass is 32.2.